The molecule has 0 heterocycles. The molecule has 3 unspecified atom stereocenters. The van der Waals surface area contributed by atoms with Crippen LogP contribution in [-0.2, 0) is 0 Å². The Morgan fingerprint density at radius 2 is 1.50 bits per heavy atom. The molecular formula is C9H20O3. The smallest absolute Gasteiger partial charge is 0.0799 e. The fourth-order valence-corrected chi connectivity index (χ4v) is 1.44. The SMILES string of the molecule is CC(C)C(CO)C(C)C(O)CO. The first-order chi connectivity index (χ1) is 5.54. The van der Waals surface area contributed by atoms with Gasteiger partial charge in [-0.1, -0.05) is 20.8 Å². The van der Waals surface area contributed by atoms with Crippen molar-refractivity contribution < 1.29 is 15.3 Å². The van der Waals surface area contributed by atoms with Crippen molar-refractivity contribution in [2.24, 2.45) is 17.8 Å². The zero-order chi connectivity index (χ0) is 9.72. The Labute approximate surface area is 74.0 Å². The van der Waals surface area contributed by atoms with Gasteiger partial charge in [0.1, 0.15) is 0 Å². The zero-order valence-electron chi connectivity index (χ0n) is 8.07. The van der Waals surface area contributed by atoms with E-state index >= 15 is 0 Å². The molecule has 12 heavy (non-hydrogen) atoms. The van der Waals surface area contributed by atoms with Crippen LogP contribution < -0.4 is 0 Å². The molecule has 0 amide bonds. The fraction of sp³-hybridized carbons (Fsp3) is 1.00. The maximum absolute atomic E-state index is 9.32. The first kappa shape index (κ1) is 11.9. The van der Waals surface area contributed by atoms with E-state index in [4.69, 9.17) is 10.2 Å². The Morgan fingerprint density at radius 3 is 1.75 bits per heavy atom. The minimum atomic E-state index is -0.718. The molecule has 0 bridgehead atoms. The van der Waals surface area contributed by atoms with Gasteiger partial charge in [-0.3, -0.25) is 0 Å². The molecule has 0 spiro atoms. The molecule has 0 saturated heterocycles. The van der Waals surface area contributed by atoms with Gasteiger partial charge in [0, 0.05) is 6.61 Å². The summed E-state index contributed by atoms with van der Waals surface area (Å²) in [5, 5.41) is 27.0. The van der Waals surface area contributed by atoms with Gasteiger partial charge in [-0.25, -0.2) is 0 Å². The first-order valence-corrected chi connectivity index (χ1v) is 4.44. The number of aliphatic hydroxyl groups is 3. The van der Waals surface area contributed by atoms with Crippen LogP contribution in [-0.4, -0.2) is 34.6 Å². The molecule has 0 rings (SSSR count). The molecule has 3 N–H and O–H groups in total. The van der Waals surface area contributed by atoms with Crippen molar-refractivity contribution in [1.82, 2.24) is 0 Å². The minimum absolute atomic E-state index is 0.0556. The Hall–Kier alpha value is -0.120. The van der Waals surface area contributed by atoms with Crippen LogP contribution in [0.3, 0.4) is 0 Å². The third-order valence-corrected chi connectivity index (χ3v) is 2.54. The summed E-state index contributed by atoms with van der Waals surface area (Å²) >= 11 is 0. The van der Waals surface area contributed by atoms with Gasteiger partial charge in [-0.05, 0) is 17.8 Å². The Morgan fingerprint density at radius 1 is 1.00 bits per heavy atom. The molecule has 74 valence electrons. The van der Waals surface area contributed by atoms with Gasteiger partial charge in [0.25, 0.3) is 0 Å². The first-order valence-electron chi connectivity index (χ1n) is 4.44. The van der Waals surface area contributed by atoms with Gasteiger partial charge in [0.2, 0.25) is 0 Å². The van der Waals surface area contributed by atoms with Crippen molar-refractivity contribution >= 4 is 0 Å². The van der Waals surface area contributed by atoms with Crippen LogP contribution in [0.15, 0.2) is 0 Å². The normalized spacial score (nSPS) is 19.2. The fourth-order valence-electron chi connectivity index (χ4n) is 1.44. The second-order valence-corrected chi connectivity index (χ2v) is 3.70. The molecule has 0 aliphatic heterocycles. The Balaban J connectivity index is 4.10. The van der Waals surface area contributed by atoms with E-state index in [1.165, 1.54) is 0 Å². The van der Waals surface area contributed by atoms with Crippen molar-refractivity contribution in [1.29, 1.82) is 0 Å². The highest BCUT2D eigenvalue weighted by Gasteiger charge is 2.25. The van der Waals surface area contributed by atoms with Crippen LogP contribution in [0.4, 0.5) is 0 Å². The lowest BCUT2D eigenvalue weighted by molar-refractivity contribution is 0.00428. The Bertz CT molecular complexity index is 114. The molecule has 3 heteroatoms. The Kier molecular flexibility index (Phi) is 5.46. The standard InChI is InChI=1S/C9H20O3/c1-6(2)8(4-10)7(3)9(12)5-11/h6-12H,4-5H2,1-3H3. The number of hydrogen-bond acceptors (Lipinski definition) is 3. The summed E-state index contributed by atoms with van der Waals surface area (Å²) in [6.07, 6.45) is -0.718. The third kappa shape index (κ3) is 3.09. The molecule has 0 aliphatic carbocycles. The monoisotopic (exact) mass is 176 g/mol. The van der Waals surface area contributed by atoms with Gasteiger partial charge in [0.05, 0.1) is 12.7 Å². The predicted octanol–water partition coefficient (Wildman–Crippen LogP) is 0.240. The molecule has 0 aromatic carbocycles. The van der Waals surface area contributed by atoms with E-state index in [9.17, 15) is 5.11 Å². The molecule has 0 radical (unpaired) electrons. The highest BCUT2D eigenvalue weighted by atomic mass is 16.3. The second kappa shape index (κ2) is 5.51. The van der Waals surface area contributed by atoms with Crippen molar-refractivity contribution in [3.63, 3.8) is 0 Å². The topological polar surface area (TPSA) is 60.7 Å². The van der Waals surface area contributed by atoms with Crippen molar-refractivity contribution in [3.8, 4) is 0 Å². The van der Waals surface area contributed by atoms with Gasteiger partial charge < -0.3 is 15.3 Å². The number of rotatable bonds is 5. The minimum Gasteiger partial charge on any atom is -0.396 e. The molecule has 0 aliphatic rings. The van der Waals surface area contributed by atoms with Crippen LogP contribution in [0.5, 0.6) is 0 Å². The van der Waals surface area contributed by atoms with Gasteiger partial charge >= 0.3 is 0 Å². The number of aliphatic hydroxyl groups excluding tert-OH is 3. The van der Waals surface area contributed by atoms with Crippen LogP contribution in [0.25, 0.3) is 0 Å². The molecule has 0 aromatic rings. The lowest BCUT2D eigenvalue weighted by Gasteiger charge is -2.28. The van der Waals surface area contributed by atoms with Gasteiger partial charge in [-0.2, -0.15) is 0 Å². The average Bonchev–Trinajstić information content (AvgIpc) is 2.03. The quantitative estimate of drug-likeness (QED) is 0.562. The molecule has 0 fully saturated rings. The third-order valence-electron chi connectivity index (χ3n) is 2.54. The summed E-state index contributed by atoms with van der Waals surface area (Å²) in [5.74, 6) is 0.332. The van der Waals surface area contributed by atoms with Crippen LogP contribution in [0.2, 0.25) is 0 Å². The van der Waals surface area contributed by atoms with Crippen LogP contribution >= 0.6 is 0 Å². The van der Waals surface area contributed by atoms with E-state index in [1.807, 2.05) is 20.8 Å². The average molecular weight is 176 g/mol. The van der Waals surface area contributed by atoms with Crippen LogP contribution in [0, 0.1) is 17.8 Å². The van der Waals surface area contributed by atoms with Gasteiger partial charge in [-0.15, -0.1) is 0 Å². The molecule has 3 atom stereocenters. The van der Waals surface area contributed by atoms with Crippen molar-refractivity contribution in [2.75, 3.05) is 13.2 Å². The second-order valence-electron chi connectivity index (χ2n) is 3.70. The van der Waals surface area contributed by atoms with Crippen molar-refractivity contribution in [2.45, 2.75) is 26.9 Å². The summed E-state index contributed by atoms with van der Waals surface area (Å²) in [6.45, 7) is 5.69. The summed E-state index contributed by atoms with van der Waals surface area (Å²) in [7, 11) is 0. The van der Waals surface area contributed by atoms with E-state index in [0.29, 0.717) is 5.92 Å². The largest absolute Gasteiger partial charge is 0.396 e. The van der Waals surface area contributed by atoms with E-state index < -0.39 is 6.10 Å². The lowest BCUT2D eigenvalue weighted by Crippen LogP contribution is -2.33. The molecule has 3 nitrogen and oxygen atoms in total. The van der Waals surface area contributed by atoms with E-state index in [2.05, 4.69) is 0 Å². The maximum Gasteiger partial charge on any atom is 0.0799 e. The zero-order valence-corrected chi connectivity index (χ0v) is 8.07. The van der Waals surface area contributed by atoms with Gasteiger partial charge in [0.15, 0.2) is 0 Å². The summed E-state index contributed by atoms with van der Waals surface area (Å²) < 4.78 is 0. The van der Waals surface area contributed by atoms with Crippen LogP contribution in [0.1, 0.15) is 20.8 Å². The predicted molar refractivity (Wildman–Crippen MR) is 47.7 cm³/mol. The summed E-state index contributed by atoms with van der Waals surface area (Å²) in [6, 6.07) is 0. The number of hydrogen-bond donors (Lipinski definition) is 3. The summed E-state index contributed by atoms with van der Waals surface area (Å²) in [4.78, 5) is 0. The van der Waals surface area contributed by atoms with Crippen molar-refractivity contribution in [3.05, 3.63) is 0 Å². The van der Waals surface area contributed by atoms with E-state index in [1.54, 1.807) is 0 Å². The molecular weight excluding hydrogens is 156 g/mol. The van der Waals surface area contributed by atoms with E-state index in [-0.39, 0.29) is 25.0 Å². The summed E-state index contributed by atoms with van der Waals surface area (Å²) in [5.41, 5.74) is 0. The highest BCUT2D eigenvalue weighted by molar-refractivity contribution is 4.74. The molecule has 0 aromatic heterocycles. The highest BCUT2D eigenvalue weighted by Crippen LogP contribution is 2.22. The maximum atomic E-state index is 9.32. The van der Waals surface area contributed by atoms with E-state index in [0.717, 1.165) is 0 Å². The lowest BCUT2D eigenvalue weighted by atomic mass is 9.82. The molecule has 0 saturated carbocycles.